The highest BCUT2D eigenvalue weighted by Crippen LogP contribution is 2.43. The summed E-state index contributed by atoms with van der Waals surface area (Å²) in [5, 5.41) is 0. The normalized spacial score (nSPS) is 14.3. The monoisotopic (exact) mass is 753 g/mol. The van der Waals surface area contributed by atoms with Gasteiger partial charge in [0, 0.05) is 12.8 Å². The standard InChI is InChI=1S/C42H74NO8P/c1-6-8-10-12-14-16-18-19-20-21-22-23-25-26-28-30-32-34-41(44)48-38-40(39-50-52(46,47)49-37-36-43(3,4)5)51-42(45)35-33-31-29-27-24-17-15-13-11-9-7-2/h13-16,19-20,22-23,26,28,40H,6-12,17-18,21,24-25,27,29-39H2,1-5H3/p+1/b15-13+,16-14+,20-19+,23-22+,28-26+/t40-/m0/s1. The molecule has 0 spiro atoms. The van der Waals surface area contributed by atoms with Crippen molar-refractivity contribution in [2.45, 2.75) is 148 Å². The summed E-state index contributed by atoms with van der Waals surface area (Å²) in [6.45, 7) is 4.25. The molecule has 0 bridgehead atoms. The number of nitrogens with zero attached hydrogens (tertiary/aromatic N) is 1. The van der Waals surface area contributed by atoms with Crippen molar-refractivity contribution in [1.29, 1.82) is 0 Å². The van der Waals surface area contributed by atoms with Gasteiger partial charge in [-0.15, -0.1) is 0 Å². The third kappa shape index (κ3) is 37.5. The van der Waals surface area contributed by atoms with Crippen molar-refractivity contribution < 1.29 is 42.1 Å². The van der Waals surface area contributed by atoms with E-state index in [4.69, 9.17) is 18.5 Å². The van der Waals surface area contributed by atoms with Crippen molar-refractivity contribution in [2.24, 2.45) is 0 Å². The molecule has 0 radical (unpaired) electrons. The third-order valence-electron chi connectivity index (χ3n) is 8.02. The molecule has 1 N–H and O–H groups in total. The molecule has 0 amide bonds. The fourth-order valence-corrected chi connectivity index (χ4v) is 5.55. The van der Waals surface area contributed by atoms with Gasteiger partial charge in [-0.2, -0.15) is 0 Å². The second-order valence-electron chi connectivity index (χ2n) is 14.3. The number of allylic oxidation sites excluding steroid dienone is 10. The predicted octanol–water partition coefficient (Wildman–Crippen LogP) is 10.9. The minimum atomic E-state index is -4.38. The molecule has 0 aromatic rings. The number of ether oxygens (including phenoxy) is 2. The molecule has 1 unspecified atom stereocenters. The van der Waals surface area contributed by atoms with Crippen molar-refractivity contribution >= 4 is 19.8 Å². The highest BCUT2D eigenvalue weighted by Gasteiger charge is 2.27. The van der Waals surface area contributed by atoms with Crippen LogP contribution in [-0.4, -0.2) is 74.9 Å². The lowest BCUT2D eigenvalue weighted by molar-refractivity contribution is -0.870. The molecular weight excluding hydrogens is 677 g/mol. The van der Waals surface area contributed by atoms with Crippen LogP contribution in [0.25, 0.3) is 0 Å². The van der Waals surface area contributed by atoms with Crippen molar-refractivity contribution in [3.63, 3.8) is 0 Å². The van der Waals surface area contributed by atoms with Gasteiger partial charge in [0.05, 0.1) is 27.7 Å². The maximum Gasteiger partial charge on any atom is 0.472 e. The zero-order chi connectivity index (χ0) is 38.6. The number of esters is 2. The van der Waals surface area contributed by atoms with Gasteiger partial charge >= 0.3 is 19.8 Å². The van der Waals surface area contributed by atoms with E-state index in [9.17, 15) is 19.0 Å². The van der Waals surface area contributed by atoms with Gasteiger partial charge in [-0.05, 0) is 70.6 Å². The van der Waals surface area contributed by atoms with Crippen molar-refractivity contribution in [1.82, 2.24) is 0 Å². The first-order chi connectivity index (χ1) is 25.0. The Balaban J connectivity index is 4.52. The molecular formula is C42H75NO8P+. The number of unbranched alkanes of at least 4 members (excludes halogenated alkanes) is 11. The molecule has 2 atom stereocenters. The van der Waals surface area contributed by atoms with Crippen LogP contribution >= 0.6 is 7.82 Å². The Morgan fingerprint density at radius 3 is 1.67 bits per heavy atom. The molecule has 0 fully saturated rings. The number of carbonyl (C=O) groups is 2. The van der Waals surface area contributed by atoms with Crippen LogP contribution in [0.5, 0.6) is 0 Å². The Morgan fingerprint density at radius 1 is 0.596 bits per heavy atom. The van der Waals surface area contributed by atoms with Crippen LogP contribution in [-0.2, 0) is 32.7 Å². The van der Waals surface area contributed by atoms with Gasteiger partial charge in [-0.25, -0.2) is 4.57 Å². The number of phosphoric ester groups is 1. The predicted molar refractivity (Wildman–Crippen MR) is 215 cm³/mol. The second kappa shape index (κ2) is 34.5. The van der Waals surface area contributed by atoms with E-state index < -0.39 is 32.5 Å². The quantitative estimate of drug-likeness (QED) is 0.0224. The van der Waals surface area contributed by atoms with E-state index in [0.717, 1.165) is 64.2 Å². The lowest BCUT2D eigenvalue weighted by atomic mass is 10.1. The number of hydrogen-bond acceptors (Lipinski definition) is 7. The Morgan fingerprint density at radius 2 is 1.08 bits per heavy atom. The van der Waals surface area contributed by atoms with E-state index >= 15 is 0 Å². The molecule has 0 aliphatic heterocycles. The summed E-state index contributed by atoms with van der Waals surface area (Å²) in [4.78, 5) is 35.2. The Kier molecular flexibility index (Phi) is 33.0. The van der Waals surface area contributed by atoms with E-state index in [1.165, 1.54) is 38.5 Å². The third-order valence-corrected chi connectivity index (χ3v) is 9.00. The van der Waals surface area contributed by atoms with E-state index in [-0.39, 0.29) is 26.1 Å². The largest absolute Gasteiger partial charge is 0.472 e. The van der Waals surface area contributed by atoms with Gasteiger partial charge < -0.3 is 18.9 Å². The molecule has 0 saturated heterocycles. The van der Waals surface area contributed by atoms with E-state index in [2.05, 4.69) is 74.6 Å². The minimum Gasteiger partial charge on any atom is -0.462 e. The summed E-state index contributed by atoms with van der Waals surface area (Å²) >= 11 is 0. The number of hydrogen-bond donors (Lipinski definition) is 1. The first-order valence-electron chi connectivity index (χ1n) is 20.0. The zero-order valence-corrected chi connectivity index (χ0v) is 34.4. The average molecular weight is 753 g/mol. The van der Waals surface area contributed by atoms with Crippen molar-refractivity contribution in [3.8, 4) is 0 Å². The van der Waals surface area contributed by atoms with Crippen LogP contribution in [0.2, 0.25) is 0 Å². The Hall–Kier alpha value is -2.29. The van der Waals surface area contributed by atoms with Crippen LogP contribution in [0.15, 0.2) is 60.8 Å². The van der Waals surface area contributed by atoms with Crippen molar-refractivity contribution in [3.05, 3.63) is 60.8 Å². The van der Waals surface area contributed by atoms with E-state index in [1.54, 1.807) is 0 Å². The summed E-state index contributed by atoms with van der Waals surface area (Å²) in [7, 11) is 1.43. The molecule has 0 aliphatic rings. The maximum absolute atomic E-state index is 12.6. The maximum atomic E-state index is 12.6. The van der Waals surface area contributed by atoms with Gasteiger partial charge in [-0.1, -0.05) is 120 Å². The number of carbonyl (C=O) groups excluding carboxylic acids is 2. The van der Waals surface area contributed by atoms with E-state index in [1.807, 2.05) is 21.1 Å². The molecule has 0 heterocycles. The van der Waals surface area contributed by atoms with Gasteiger partial charge in [0.25, 0.3) is 0 Å². The van der Waals surface area contributed by atoms with Crippen LogP contribution in [0.1, 0.15) is 142 Å². The fraction of sp³-hybridized carbons (Fsp3) is 0.714. The van der Waals surface area contributed by atoms with Gasteiger partial charge in [0.2, 0.25) is 0 Å². The number of likely N-dealkylation sites (N-methyl/N-ethyl adjacent to an activating group) is 1. The topological polar surface area (TPSA) is 108 Å². The van der Waals surface area contributed by atoms with Gasteiger partial charge in [0.15, 0.2) is 6.10 Å². The summed E-state index contributed by atoms with van der Waals surface area (Å²) in [5.74, 6) is -0.883. The summed E-state index contributed by atoms with van der Waals surface area (Å²) in [6, 6.07) is 0. The van der Waals surface area contributed by atoms with Crippen molar-refractivity contribution in [2.75, 3.05) is 47.5 Å². The first-order valence-corrected chi connectivity index (χ1v) is 21.5. The van der Waals surface area contributed by atoms with Crippen LogP contribution in [0, 0.1) is 0 Å². The number of phosphoric acid groups is 1. The highest BCUT2D eigenvalue weighted by atomic mass is 31.2. The smallest absolute Gasteiger partial charge is 0.462 e. The summed E-state index contributed by atoms with van der Waals surface area (Å²) in [5.41, 5.74) is 0. The molecule has 9 nitrogen and oxygen atoms in total. The molecule has 0 rings (SSSR count). The lowest BCUT2D eigenvalue weighted by Gasteiger charge is -2.24. The minimum absolute atomic E-state index is 0.0191. The second-order valence-corrected chi connectivity index (χ2v) is 15.8. The summed E-state index contributed by atoms with van der Waals surface area (Å²) < 4.78 is 34.1. The molecule has 300 valence electrons. The molecule has 0 aromatic heterocycles. The SMILES string of the molecule is CCCC/C=C/CCCCCCCC(=O)O[C@@H](COC(=O)CCC/C=C/C/C=C/C/C=C/C/C=C/CCCCC)COP(=O)(O)OCC[N+](C)(C)C. The Labute approximate surface area is 317 Å². The zero-order valence-electron chi connectivity index (χ0n) is 33.5. The highest BCUT2D eigenvalue weighted by molar-refractivity contribution is 7.47. The van der Waals surface area contributed by atoms with Gasteiger partial charge in [-0.3, -0.25) is 18.6 Å². The summed E-state index contributed by atoms with van der Waals surface area (Å²) in [6.07, 6.45) is 39.9. The lowest BCUT2D eigenvalue weighted by Crippen LogP contribution is -2.37. The number of rotatable bonds is 35. The van der Waals surface area contributed by atoms with Crippen LogP contribution < -0.4 is 0 Å². The number of quaternary nitrogens is 1. The van der Waals surface area contributed by atoms with Gasteiger partial charge in [0.1, 0.15) is 19.8 Å². The van der Waals surface area contributed by atoms with Crippen LogP contribution in [0.3, 0.4) is 0 Å². The fourth-order valence-electron chi connectivity index (χ4n) is 4.81. The van der Waals surface area contributed by atoms with E-state index in [0.29, 0.717) is 23.9 Å². The van der Waals surface area contributed by atoms with Crippen LogP contribution in [0.4, 0.5) is 0 Å². The average Bonchev–Trinajstić information content (AvgIpc) is 3.09. The molecule has 52 heavy (non-hydrogen) atoms. The molecule has 10 heteroatoms. The Bertz CT molecular complexity index is 1080. The molecule has 0 aromatic carbocycles. The molecule has 0 saturated carbocycles. The molecule has 0 aliphatic carbocycles. The first kappa shape index (κ1) is 49.7.